The summed E-state index contributed by atoms with van der Waals surface area (Å²) >= 11 is 12.1. The summed E-state index contributed by atoms with van der Waals surface area (Å²) in [6.07, 6.45) is 1.88. The first-order valence-corrected chi connectivity index (χ1v) is 11.1. The summed E-state index contributed by atoms with van der Waals surface area (Å²) in [5.41, 5.74) is 7.59. The Hall–Kier alpha value is -3.36. The van der Waals surface area contributed by atoms with Crippen LogP contribution in [0.15, 0.2) is 47.0 Å². The van der Waals surface area contributed by atoms with E-state index >= 15 is 0 Å². The molecule has 2 N–H and O–H groups in total. The van der Waals surface area contributed by atoms with Crippen molar-refractivity contribution in [3.05, 3.63) is 69.9 Å². The van der Waals surface area contributed by atoms with Gasteiger partial charge in [0.2, 0.25) is 5.91 Å². The highest BCUT2D eigenvalue weighted by molar-refractivity contribution is 6.36. The predicted octanol–water partition coefficient (Wildman–Crippen LogP) is 4.72. The predicted molar refractivity (Wildman–Crippen MR) is 126 cm³/mol. The molecule has 0 spiro atoms. The number of amides is 2. The second kappa shape index (κ2) is 9.64. The summed E-state index contributed by atoms with van der Waals surface area (Å²) in [4.78, 5) is 33.3. The minimum atomic E-state index is -0.426. The molecule has 170 valence electrons. The van der Waals surface area contributed by atoms with Gasteiger partial charge < -0.3 is 8.98 Å². The molecule has 0 aliphatic heterocycles. The average molecular weight is 486 g/mol. The third-order valence-electron chi connectivity index (χ3n) is 5.15. The van der Waals surface area contributed by atoms with Crippen LogP contribution in [0.3, 0.4) is 0 Å². The number of hydrogen-bond acceptors (Lipinski definition) is 5. The lowest BCUT2D eigenvalue weighted by molar-refractivity contribution is -0.121. The summed E-state index contributed by atoms with van der Waals surface area (Å²) in [5, 5.41) is 0.966. The van der Waals surface area contributed by atoms with Crippen LogP contribution in [0.5, 0.6) is 0 Å². The standard InChI is InChI=1S/C23H21Cl2N5O3/c1-3-30-13(2)27-18-10-14(4-7-19(18)30)23(32)29-28-21(31)8-9-22-26-12-20(33-22)16-6-5-15(24)11-17(16)25/h4-7,10-12H,3,8-9H2,1-2H3,(H,28,31)(H,29,32). The van der Waals surface area contributed by atoms with Gasteiger partial charge in [-0.3, -0.25) is 20.4 Å². The first-order chi connectivity index (χ1) is 15.9. The van der Waals surface area contributed by atoms with Gasteiger partial charge in [0.15, 0.2) is 11.7 Å². The van der Waals surface area contributed by atoms with Crippen molar-refractivity contribution in [1.82, 2.24) is 25.4 Å². The van der Waals surface area contributed by atoms with E-state index in [-0.39, 0.29) is 18.7 Å². The van der Waals surface area contributed by atoms with Gasteiger partial charge in [-0.2, -0.15) is 0 Å². The van der Waals surface area contributed by atoms with Crippen molar-refractivity contribution in [2.45, 2.75) is 33.2 Å². The van der Waals surface area contributed by atoms with E-state index in [4.69, 9.17) is 27.6 Å². The fraction of sp³-hybridized carbons (Fsp3) is 0.217. The van der Waals surface area contributed by atoms with Crippen LogP contribution in [0.1, 0.15) is 35.4 Å². The molecule has 2 amide bonds. The number of carbonyl (C=O) groups is 2. The molecule has 0 saturated heterocycles. The van der Waals surface area contributed by atoms with Gasteiger partial charge in [-0.15, -0.1) is 0 Å². The number of halogens is 2. The SMILES string of the molecule is CCn1c(C)nc2cc(C(=O)NNC(=O)CCc3ncc(-c4ccc(Cl)cc4Cl)o3)ccc21. The van der Waals surface area contributed by atoms with Gasteiger partial charge in [0.05, 0.1) is 22.3 Å². The molecular formula is C23H21Cl2N5O3. The third kappa shape index (κ3) is 5.02. The summed E-state index contributed by atoms with van der Waals surface area (Å²) in [7, 11) is 0. The molecule has 4 aromatic rings. The van der Waals surface area contributed by atoms with Crippen LogP contribution in [-0.2, 0) is 17.8 Å². The molecule has 0 radical (unpaired) electrons. The maximum absolute atomic E-state index is 12.4. The molecule has 0 aliphatic carbocycles. The molecule has 0 aliphatic rings. The van der Waals surface area contributed by atoms with Crippen LogP contribution >= 0.6 is 23.2 Å². The van der Waals surface area contributed by atoms with Crippen molar-refractivity contribution in [2.75, 3.05) is 0 Å². The maximum Gasteiger partial charge on any atom is 0.269 e. The number of imidazole rings is 1. The molecule has 33 heavy (non-hydrogen) atoms. The topological polar surface area (TPSA) is 102 Å². The molecule has 0 unspecified atom stereocenters. The molecule has 2 aromatic carbocycles. The average Bonchev–Trinajstić information content (AvgIpc) is 3.38. The van der Waals surface area contributed by atoms with E-state index in [1.165, 1.54) is 0 Å². The minimum Gasteiger partial charge on any atom is -0.441 e. The van der Waals surface area contributed by atoms with E-state index in [9.17, 15) is 9.59 Å². The van der Waals surface area contributed by atoms with Gasteiger partial charge in [-0.05, 0) is 50.2 Å². The number of aromatic nitrogens is 3. The number of hydrazine groups is 1. The lowest BCUT2D eigenvalue weighted by atomic mass is 10.2. The van der Waals surface area contributed by atoms with Crippen molar-refractivity contribution in [3.63, 3.8) is 0 Å². The van der Waals surface area contributed by atoms with E-state index in [1.807, 2.05) is 19.9 Å². The minimum absolute atomic E-state index is 0.0771. The normalized spacial score (nSPS) is 11.0. The number of aryl methyl sites for hydroxylation is 3. The maximum atomic E-state index is 12.4. The van der Waals surface area contributed by atoms with Crippen molar-refractivity contribution in [1.29, 1.82) is 0 Å². The van der Waals surface area contributed by atoms with Crippen LogP contribution in [0.4, 0.5) is 0 Å². The first-order valence-electron chi connectivity index (χ1n) is 10.3. The zero-order chi connectivity index (χ0) is 23.5. The van der Waals surface area contributed by atoms with Crippen LogP contribution in [0, 0.1) is 6.92 Å². The Morgan fingerprint density at radius 3 is 2.70 bits per heavy atom. The molecule has 2 aromatic heterocycles. The van der Waals surface area contributed by atoms with Crippen LogP contribution < -0.4 is 10.9 Å². The van der Waals surface area contributed by atoms with Gasteiger partial charge in [-0.25, -0.2) is 9.97 Å². The smallest absolute Gasteiger partial charge is 0.269 e. The second-order valence-corrected chi connectivity index (χ2v) is 8.20. The number of hydrogen-bond donors (Lipinski definition) is 2. The Balaban J connectivity index is 1.31. The van der Waals surface area contributed by atoms with Gasteiger partial charge in [-0.1, -0.05) is 23.2 Å². The molecule has 0 bridgehead atoms. The number of nitrogens with zero attached hydrogens (tertiary/aromatic N) is 3. The van der Waals surface area contributed by atoms with Gasteiger partial charge in [0.25, 0.3) is 5.91 Å². The third-order valence-corrected chi connectivity index (χ3v) is 5.70. The van der Waals surface area contributed by atoms with Crippen molar-refractivity contribution >= 4 is 46.0 Å². The van der Waals surface area contributed by atoms with E-state index in [1.54, 1.807) is 36.5 Å². The Morgan fingerprint density at radius 2 is 1.94 bits per heavy atom. The Morgan fingerprint density at radius 1 is 1.12 bits per heavy atom. The molecule has 0 saturated carbocycles. The van der Waals surface area contributed by atoms with Gasteiger partial charge in [0, 0.05) is 35.5 Å². The van der Waals surface area contributed by atoms with E-state index in [0.717, 1.165) is 23.4 Å². The van der Waals surface area contributed by atoms with E-state index < -0.39 is 5.91 Å². The Labute approximate surface area is 199 Å². The van der Waals surface area contributed by atoms with E-state index in [0.29, 0.717) is 32.8 Å². The number of benzene rings is 2. The van der Waals surface area contributed by atoms with Crippen LogP contribution in [-0.4, -0.2) is 26.3 Å². The summed E-state index contributed by atoms with van der Waals surface area (Å²) in [6.45, 7) is 4.75. The highest BCUT2D eigenvalue weighted by atomic mass is 35.5. The quantitative estimate of drug-likeness (QED) is 0.384. The van der Waals surface area contributed by atoms with Crippen molar-refractivity contribution < 1.29 is 14.0 Å². The first kappa shape index (κ1) is 22.8. The molecule has 8 nitrogen and oxygen atoms in total. The van der Waals surface area contributed by atoms with Crippen LogP contribution in [0.25, 0.3) is 22.4 Å². The highest BCUT2D eigenvalue weighted by Gasteiger charge is 2.14. The summed E-state index contributed by atoms with van der Waals surface area (Å²) in [5.74, 6) is 0.942. The fourth-order valence-corrected chi connectivity index (χ4v) is 4.01. The number of oxazole rings is 1. The molecule has 0 fully saturated rings. The van der Waals surface area contributed by atoms with Gasteiger partial charge >= 0.3 is 0 Å². The zero-order valence-corrected chi connectivity index (χ0v) is 19.5. The lowest BCUT2D eigenvalue weighted by Gasteiger charge is -2.07. The zero-order valence-electron chi connectivity index (χ0n) is 18.0. The number of nitrogens with one attached hydrogen (secondary N) is 2. The molecule has 2 heterocycles. The highest BCUT2D eigenvalue weighted by Crippen LogP contribution is 2.30. The molecule has 0 atom stereocenters. The van der Waals surface area contributed by atoms with Crippen LogP contribution in [0.2, 0.25) is 10.0 Å². The number of rotatable bonds is 6. The van der Waals surface area contributed by atoms with Gasteiger partial charge in [0.1, 0.15) is 5.82 Å². The second-order valence-electron chi connectivity index (χ2n) is 7.35. The summed E-state index contributed by atoms with van der Waals surface area (Å²) < 4.78 is 7.75. The number of carbonyl (C=O) groups excluding carboxylic acids is 2. The molecular weight excluding hydrogens is 465 g/mol. The monoisotopic (exact) mass is 485 g/mol. The van der Waals surface area contributed by atoms with Crippen molar-refractivity contribution in [2.24, 2.45) is 0 Å². The lowest BCUT2D eigenvalue weighted by Crippen LogP contribution is -2.41. The summed E-state index contributed by atoms with van der Waals surface area (Å²) in [6, 6.07) is 10.3. The Bertz CT molecular complexity index is 1350. The fourth-order valence-electron chi connectivity index (χ4n) is 3.51. The molecule has 10 heteroatoms. The number of fused-ring (bicyclic) bond motifs is 1. The molecule has 4 rings (SSSR count). The largest absolute Gasteiger partial charge is 0.441 e. The Kier molecular flexibility index (Phi) is 6.67. The van der Waals surface area contributed by atoms with Crippen molar-refractivity contribution in [3.8, 4) is 11.3 Å². The van der Waals surface area contributed by atoms with E-state index in [2.05, 4.69) is 25.4 Å².